The average molecular weight is 321 g/mol. The van der Waals surface area contributed by atoms with Crippen LogP contribution in [0.15, 0.2) is 16.6 Å². The Balaban J connectivity index is 2.68. The van der Waals surface area contributed by atoms with Gasteiger partial charge in [-0.2, -0.15) is 0 Å². The Morgan fingerprint density at radius 1 is 1.56 bits per heavy atom. The van der Waals surface area contributed by atoms with Crippen molar-refractivity contribution in [3.63, 3.8) is 0 Å². The molecular weight excluding hydrogens is 307 g/mol. The SMILES string of the molecule is CCOCCCNc1cc(Br)c(F)cc1[N+](=O)[O-]. The number of nitro groups is 1. The molecule has 7 heteroatoms. The van der Waals surface area contributed by atoms with E-state index in [9.17, 15) is 14.5 Å². The second kappa shape index (κ2) is 7.27. The van der Waals surface area contributed by atoms with Crippen molar-refractivity contribution < 1.29 is 14.1 Å². The molecule has 0 atom stereocenters. The lowest BCUT2D eigenvalue weighted by Crippen LogP contribution is -2.07. The number of hydrogen-bond acceptors (Lipinski definition) is 4. The molecule has 1 N–H and O–H groups in total. The van der Waals surface area contributed by atoms with Gasteiger partial charge in [-0.1, -0.05) is 0 Å². The van der Waals surface area contributed by atoms with Crippen LogP contribution in [0.4, 0.5) is 15.8 Å². The molecule has 5 nitrogen and oxygen atoms in total. The average Bonchev–Trinajstić information content (AvgIpc) is 2.32. The number of benzene rings is 1. The quantitative estimate of drug-likeness (QED) is 0.475. The number of nitrogens with zero attached hydrogens (tertiary/aromatic N) is 1. The van der Waals surface area contributed by atoms with E-state index in [2.05, 4.69) is 21.2 Å². The molecule has 0 aliphatic rings. The highest BCUT2D eigenvalue weighted by atomic mass is 79.9. The smallest absolute Gasteiger partial charge is 0.295 e. The molecule has 1 aromatic rings. The third kappa shape index (κ3) is 4.23. The van der Waals surface area contributed by atoms with Gasteiger partial charge in [-0.25, -0.2) is 4.39 Å². The molecule has 0 bridgehead atoms. The number of rotatable bonds is 7. The molecule has 0 amide bonds. The lowest BCUT2D eigenvalue weighted by atomic mass is 10.2. The van der Waals surface area contributed by atoms with Crippen molar-refractivity contribution in [2.75, 3.05) is 25.1 Å². The number of halogens is 2. The fourth-order valence-corrected chi connectivity index (χ4v) is 1.71. The van der Waals surface area contributed by atoms with Crippen LogP contribution in [-0.4, -0.2) is 24.7 Å². The molecule has 0 saturated heterocycles. The van der Waals surface area contributed by atoms with Crippen LogP contribution in [0.3, 0.4) is 0 Å². The van der Waals surface area contributed by atoms with E-state index in [0.29, 0.717) is 25.4 Å². The summed E-state index contributed by atoms with van der Waals surface area (Å²) in [6.07, 6.45) is 0.722. The molecule has 0 radical (unpaired) electrons. The van der Waals surface area contributed by atoms with E-state index in [4.69, 9.17) is 4.74 Å². The van der Waals surface area contributed by atoms with Crippen LogP contribution in [0, 0.1) is 15.9 Å². The molecule has 18 heavy (non-hydrogen) atoms. The Kier molecular flexibility index (Phi) is 6.00. The van der Waals surface area contributed by atoms with Gasteiger partial charge in [0, 0.05) is 19.8 Å². The maximum absolute atomic E-state index is 13.2. The molecule has 100 valence electrons. The third-order valence-electron chi connectivity index (χ3n) is 2.22. The first kappa shape index (κ1) is 14.8. The predicted octanol–water partition coefficient (Wildman–Crippen LogP) is 3.33. The number of nitrogens with one attached hydrogen (secondary N) is 1. The summed E-state index contributed by atoms with van der Waals surface area (Å²) in [7, 11) is 0. The standard InChI is InChI=1S/C11H14BrFN2O3/c1-2-18-5-3-4-14-10-6-8(12)9(13)7-11(10)15(16)17/h6-7,14H,2-5H2,1H3. The molecule has 0 unspecified atom stereocenters. The zero-order valence-corrected chi connectivity index (χ0v) is 11.5. The second-order valence-corrected chi connectivity index (χ2v) is 4.37. The molecule has 0 saturated carbocycles. The fourth-order valence-electron chi connectivity index (χ4n) is 1.37. The Labute approximate surface area is 113 Å². The molecular formula is C11H14BrFN2O3. The lowest BCUT2D eigenvalue weighted by Gasteiger charge is -2.08. The first-order valence-electron chi connectivity index (χ1n) is 5.51. The summed E-state index contributed by atoms with van der Waals surface area (Å²) < 4.78 is 18.6. The number of hydrogen-bond donors (Lipinski definition) is 1. The van der Waals surface area contributed by atoms with Gasteiger partial charge in [-0.15, -0.1) is 0 Å². The zero-order valence-electron chi connectivity index (χ0n) is 9.91. The van der Waals surface area contributed by atoms with Crippen LogP contribution in [0.5, 0.6) is 0 Å². The Morgan fingerprint density at radius 3 is 2.89 bits per heavy atom. The van der Waals surface area contributed by atoms with Crippen LogP contribution in [-0.2, 0) is 4.74 Å². The minimum absolute atomic E-state index is 0.195. The summed E-state index contributed by atoms with van der Waals surface area (Å²) in [4.78, 5) is 10.2. The maximum Gasteiger partial charge on any atom is 0.295 e. The molecule has 0 aliphatic carbocycles. The highest BCUT2D eigenvalue weighted by molar-refractivity contribution is 9.10. The first-order chi connectivity index (χ1) is 8.56. The molecule has 0 aliphatic heterocycles. The van der Waals surface area contributed by atoms with Gasteiger partial charge < -0.3 is 10.1 Å². The van der Waals surface area contributed by atoms with E-state index < -0.39 is 10.7 Å². The number of nitro benzene ring substituents is 1. The Bertz CT molecular complexity index is 429. The largest absolute Gasteiger partial charge is 0.382 e. The molecule has 1 rings (SSSR count). The monoisotopic (exact) mass is 320 g/mol. The van der Waals surface area contributed by atoms with Crippen molar-refractivity contribution >= 4 is 27.3 Å². The van der Waals surface area contributed by atoms with Gasteiger partial charge in [-0.05, 0) is 35.3 Å². The summed E-state index contributed by atoms with van der Waals surface area (Å²) in [5, 5.41) is 13.7. The Hall–Kier alpha value is -1.21. The zero-order chi connectivity index (χ0) is 13.5. The van der Waals surface area contributed by atoms with E-state index in [0.717, 1.165) is 12.5 Å². The minimum atomic E-state index is -0.651. The summed E-state index contributed by atoms with van der Waals surface area (Å²) in [5.74, 6) is -0.651. The molecule has 0 spiro atoms. The van der Waals surface area contributed by atoms with Crippen LogP contribution < -0.4 is 5.32 Å². The predicted molar refractivity (Wildman–Crippen MR) is 70.4 cm³/mol. The van der Waals surface area contributed by atoms with Crippen molar-refractivity contribution in [1.29, 1.82) is 0 Å². The van der Waals surface area contributed by atoms with Gasteiger partial charge in [0.2, 0.25) is 0 Å². The van der Waals surface area contributed by atoms with Crippen molar-refractivity contribution in [2.24, 2.45) is 0 Å². The molecule has 0 fully saturated rings. The number of ether oxygens (including phenoxy) is 1. The van der Waals surface area contributed by atoms with E-state index in [1.54, 1.807) is 0 Å². The Morgan fingerprint density at radius 2 is 2.28 bits per heavy atom. The van der Waals surface area contributed by atoms with Crippen molar-refractivity contribution in [3.8, 4) is 0 Å². The van der Waals surface area contributed by atoms with E-state index in [1.807, 2.05) is 6.92 Å². The van der Waals surface area contributed by atoms with Gasteiger partial charge in [0.1, 0.15) is 11.5 Å². The van der Waals surface area contributed by atoms with Crippen molar-refractivity contribution in [2.45, 2.75) is 13.3 Å². The summed E-state index contributed by atoms with van der Waals surface area (Å²) in [5.41, 5.74) is 0.0249. The molecule has 0 heterocycles. The highest BCUT2D eigenvalue weighted by Gasteiger charge is 2.17. The van der Waals surface area contributed by atoms with Crippen molar-refractivity contribution in [1.82, 2.24) is 0 Å². The summed E-state index contributed by atoms with van der Waals surface area (Å²) in [6, 6.07) is 2.27. The fraction of sp³-hybridized carbons (Fsp3) is 0.455. The second-order valence-electron chi connectivity index (χ2n) is 3.52. The minimum Gasteiger partial charge on any atom is -0.382 e. The molecule has 0 aromatic heterocycles. The van der Waals surface area contributed by atoms with Crippen LogP contribution >= 0.6 is 15.9 Å². The molecule has 1 aromatic carbocycles. The van der Waals surface area contributed by atoms with Crippen LogP contribution in [0.1, 0.15) is 13.3 Å². The van der Waals surface area contributed by atoms with E-state index in [-0.39, 0.29) is 10.2 Å². The van der Waals surface area contributed by atoms with Crippen LogP contribution in [0.2, 0.25) is 0 Å². The summed E-state index contributed by atoms with van der Waals surface area (Å²) in [6.45, 7) is 3.65. The number of anilines is 1. The highest BCUT2D eigenvalue weighted by Crippen LogP contribution is 2.30. The van der Waals surface area contributed by atoms with Crippen LogP contribution in [0.25, 0.3) is 0 Å². The van der Waals surface area contributed by atoms with Gasteiger partial charge in [0.05, 0.1) is 15.5 Å². The topological polar surface area (TPSA) is 64.4 Å². The maximum atomic E-state index is 13.2. The van der Waals surface area contributed by atoms with Gasteiger partial charge in [0.25, 0.3) is 5.69 Å². The van der Waals surface area contributed by atoms with Crippen molar-refractivity contribution in [3.05, 3.63) is 32.5 Å². The van der Waals surface area contributed by atoms with Gasteiger partial charge >= 0.3 is 0 Å². The van der Waals surface area contributed by atoms with Gasteiger partial charge in [-0.3, -0.25) is 10.1 Å². The normalized spacial score (nSPS) is 10.4. The van der Waals surface area contributed by atoms with E-state index in [1.165, 1.54) is 6.07 Å². The lowest BCUT2D eigenvalue weighted by molar-refractivity contribution is -0.384. The first-order valence-corrected chi connectivity index (χ1v) is 6.30. The third-order valence-corrected chi connectivity index (χ3v) is 2.83. The summed E-state index contributed by atoms with van der Waals surface area (Å²) >= 11 is 3.00. The van der Waals surface area contributed by atoms with Gasteiger partial charge in [0.15, 0.2) is 0 Å². The van der Waals surface area contributed by atoms with E-state index >= 15 is 0 Å².